The first kappa shape index (κ1) is 12.7. The first-order chi connectivity index (χ1) is 10.8. The summed E-state index contributed by atoms with van der Waals surface area (Å²) in [6.07, 6.45) is 1.79. The number of para-hydroxylation sites is 1. The number of aromatic nitrogens is 4. The fourth-order valence-electron chi connectivity index (χ4n) is 2.34. The fourth-order valence-corrected chi connectivity index (χ4v) is 2.34. The number of benzene rings is 2. The van der Waals surface area contributed by atoms with E-state index < -0.39 is 0 Å². The summed E-state index contributed by atoms with van der Waals surface area (Å²) in [6.45, 7) is 0.371. The zero-order valence-electron chi connectivity index (χ0n) is 11.5. The second kappa shape index (κ2) is 5.07. The van der Waals surface area contributed by atoms with Gasteiger partial charge in [0.2, 0.25) is 11.7 Å². The van der Waals surface area contributed by atoms with Gasteiger partial charge in [0.1, 0.15) is 12.4 Å². The molecule has 0 radical (unpaired) electrons. The van der Waals surface area contributed by atoms with Crippen molar-refractivity contribution in [3.8, 4) is 11.4 Å². The van der Waals surface area contributed by atoms with Crippen LogP contribution in [-0.2, 0) is 6.54 Å². The number of hydrogen-bond donors (Lipinski definition) is 0. The summed E-state index contributed by atoms with van der Waals surface area (Å²) in [5, 5.41) is 9.26. The maximum atomic E-state index is 13.2. The maximum Gasteiger partial charge on any atom is 0.248 e. The predicted octanol–water partition coefficient (Wildman–Crippen LogP) is 3.27. The van der Waals surface area contributed by atoms with Gasteiger partial charge in [-0.3, -0.25) is 4.68 Å². The van der Waals surface area contributed by atoms with Crippen LogP contribution in [0.3, 0.4) is 0 Å². The minimum atomic E-state index is -0.332. The lowest BCUT2D eigenvalue weighted by Gasteiger charge is -1.98. The van der Waals surface area contributed by atoms with Crippen LogP contribution in [0.25, 0.3) is 22.3 Å². The van der Waals surface area contributed by atoms with E-state index in [1.807, 2.05) is 24.3 Å². The average molecular weight is 294 g/mol. The Morgan fingerprint density at radius 3 is 2.91 bits per heavy atom. The monoisotopic (exact) mass is 294 g/mol. The van der Waals surface area contributed by atoms with E-state index in [-0.39, 0.29) is 5.82 Å². The lowest BCUT2D eigenvalue weighted by Crippen LogP contribution is -2.01. The van der Waals surface area contributed by atoms with Gasteiger partial charge in [0.25, 0.3) is 0 Å². The van der Waals surface area contributed by atoms with Crippen molar-refractivity contribution in [2.75, 3.05) is 0 Å². The molecule has 6 heteroatoms. The van der Waals surface area contributed by atoms with Crippen molar-refractivity contribution in [2.45, 2.75) is 6.54 Å². The van der Waals surface area contributed by atoms with Crippen LogP contribution in [0.15, 0.2) is 59.3 Å². The molecule has 0 aliphatic heterocycles. The largest absolute Gasteiger partial charge is 0.337 e. The standard InChI is InChI=1S/C16H11FN4O/c17-13-6-3-5-11(8-13)16-19-15(22-20-16)10-21-14-7-2-1-4-12(14)9-18-21/h1-9H,10H2. The molecule has 4 rings (SSSR count). The van der Waals surface area contributed by atoms with Gasteiger partial charge >= 0.3 is 0 Å². The van der Waals surface area contributed by atoms with E-state index in [1.165, 1.54) is 12.1 Å². The zero-order chi connectivity index (χ0) is 14.9. The summed E-state index contributed by atoms with van der Waals surface area (Å²) in [5.41, 5.74) is 1.58. The third-order valence-electron chi connectivity index (χ3n) is 3.39. The van der Waals surface area contributed by atoms with E-state index in [0.717, 1.165) is 10.9 Å². The number of rotatable bonds is 3. The summed E-state index contributed by atoms with van der Waals surface area (Å²) in [7, 11) is 0. The highest BCUT2D eigenvalue weighted by molar-refractivity contribution is 5.78. The van der Waals surface area contributed by atoms with Crippen molar-refractivity contribution in [3.05, 3.63) is 66.4 Å². The molecule has 0 amide bonds. The Bertz CT molecular complexity index is 944. The third-order valence-corrected chi connectivity index (χ3v) is 3.39. The Morgan fingerprint density at radius 1 is 1.09 bits per heavy atom. The van der Waals surface area contributed by atoms with E-state index >= 15 is 0 Å². The first-order valence-electron chi connectivity index (χ1n) is 6.79. The minimum absolute atomic E-state index is 0.332. The second-order valence-corrected chi connectivity index (χ2v) is 4.88. The minimum Gasteiger partial charge on any atom is -0.337 e. The quantitative estimate of drug-likeness (QED) is 0.582. The van der Waals surface area contributed by atoms with Crippen LogP contribution in [0.2, 0.25) is 0 Å². The molecular weight excluding hydrogens is 283 g/mol. The average Bonchev–Trinajstić information content (AvgIpc) is 3.16. The molecular formula is C16H11FN4O. The molecule has 0 unspecified atom stereocenters. The molecule has 2 heterocycles. The van der Waals surface area contributed by atoms with E-state index in [2.05, 4.69) is 15.2 Å². The molecule has 2 aromatic heterocycles. The van der Waals surface area contributed by atoms with Gasteiger partial charge in [-0.05, 0) is 18.2 Å². The SMILES string of the molecule is Fc1cccc(-c2noc(Cn3ncc4ccccc43)n2)c1. The number of halogens is 1. The van der Waals surface area contributed by atoms with Gasteiger partial charge in [-0.25, -0.2) is 4.39 Å². The third kappa shape index (κ3) is 2.24. The molecule has 0 saturated heterocycles. The predicted molar refractivity (Wildman–Crippen MR) is 78.5 cm³/mol. The molecule has 108 valence electrons. The smallest absolute Gasteiger partial charge is 0.248 e. The Morgan fingerprint density at radius 2 is 2.00 bits per heavy atom. The van der Waals surface area contributed by atoms with E-state index in [4.69, 9.17) is 4.52 Å². The van der Waals surface area contributed by atoms with Crippen molar-refractivity contribution < 1.29 is 8.91 Å². The zero-order valence-corrected chi connectivity index (χ0v) is 11.5. The molecule has 5 nitrogen and oxygen atoms in total. The molecule has 22 heavy (non-hydrogen) atoms. The van der Waals surface area contributed by atoms with Crippen LogP contribution in [0.5, 0.6) is 0 Å². The Balaban J connectivity index is 1.65. The van der Waals surface area contributed by atoms with Crippen molar-refractivity contribution in [2.24, 2.45) is 0 Å². The van der Waals surface area contributed by atoms with Crippen LogP contribution in [0, 0.1) is 5.82 Å². The number of fused-ring (bicyclic) bond motifs is 1. The van der Waals surface area contributed by atoms with E-state index in [9.17, 15) is 4.39 Å². The summed E-state index contributed by atoms with van der Waals surface area (Å²) in [6, 6.07) is 14.0. The molecule has 4 aromatic rings. The Kier molecular flexibility index (Phi) is 2.93. The van der Waals surface area contributed by atoms with E-state index in [0.29, 0.717) is 23.8 Å². The van der Waals surface area contributed by atoms with Gasteiger partial charge < -0.3 is 4.52 Å². The van der Waals surface area contributed by atoms with Crippen molar-refractivity contribution >= 4 is 10.9 Å². The van der Waals surface area contributed by atoms with Gasteiger partial charge in [0.05, 0.1) is 11.7 Å². The van der Waals surface area contributed by atoms with Crippen LogP contribution in [-0.4, -0.2) is 19.9 Å². The van der Waals surface area contributed by atoms with Gasteiger partial charge in [0.15, 0.2) is 0 Å². The van der Waals surface area contributed by atoms with Crippen molar-refractivity contribution in [3.63, 3.8) is 0 Å². The maximum absolute atomic E-state index is 13.2. The lowest BCUT2D eigenvalue weighted by molar-refractivity contribution is 0.368. The highest BCUT2D eigenvalue weighted by Gasteiger charge is 2.11. The van der Waals surface area contributed by atoms with Gasteiger partial charge in [-0.15, -0.1) is 0 Å². The molecule has 0 aliphatic rings. The summed E-state index contributed by atoms with van der Waals surface area (Å²) in [5.74, 6) is 0.459. The second-order valence-electron chi connectivity index (χ2n) is 4.88. The van der Waals surface area contributed by atoms with E-state index in [1.54, 1.807) is 23.0 Å². The molecule has 0 bridgehead atoms. The van der Waals surface area contributed by atoms with Crippen LogP contribution >= 0.6 is 0 Å². The Labute approximate surface area is 125 Å². The molecule has 2 aromatic carbocycles. The summed E-state index contributed by atoms with van der Waals surface area (Å²) < 4.78 is 20.3. The molecule has 0 fully saturated rings. The van der Waals surface area contributed by atoms with Crippen molar-refractivity contribution in [1.29, 1.82) is 0 Å². The van der Waals surface area contributed by atoms with Gasteiger partial charge in [-0.2, -0.15) is 10.1 Å². The van der Waals surface area contributed by atoms with Crippen molar-refractivity contribution in [1.82, 2.24) is 19.9 Å². The number of nitrogens with zero attached hydrogens (tertiary/aromatic N) is 4. The highest BCUT2D eigenvalue weighted by atomic mass is 19.1. The normalized spacial score (nSPS) is 11.1. The lowest BCUT2D eigenvalue weighted by atomic mass is 10.2. The first-order valence-corrected chi connectivity index (χ1v) is 6.79. The molecule has 0 N–H and O–H groups in total. The topological polar surface area (TPSA) is 56.7 Å². The number of hydrogen-bond acceptors (Lipinski definition) is 4. The molecule has 0 spiro atoms. The van der Waals surface area contributed by atoms with Crippen LogP contribution < -0.4 is 0 Å². The molecule has 0 atom stereocenters. The highest BCUT2D eigenvalue weighted by Crippen LogP contribution is 2.18. The summed E-state index contributed by atoms with van der Waals surface area (Å²) in [4.78, 5) is 4.30. The fraction of sp³-hybridized carbons (Fsp3) is 0.0625. The van der Waals surface area contributed by atoms with Crippen LogP contribution in [0.4, 0.5) is 4.39 Å². The molecule has 0 aliphatic carbocycles. The molecule has 0 saturated carbocycles. The van der Waals surface area contributed by atoms with Crippen LogP contribution in [0.1, 0.15) is 5.89 Å². The van der Waals surface area contributed by atoms with Gasteiger partial charge in [-0.1, -0.05) is 35.5 Å². The van der Waals surface area contributed by atoms with Gasteiger partial charge in [0, 0.05) is 10.9 Å². The Hall–Kier alpha value is -3.02. The summed E-state index contributed by atoms with van der Waals surface area (Å²) >= 11 is 0.